The van der Waals surface area contributed by atoms with Crippen LogP contribution in [0.5, 0.6) is 0 Å². The molecule has 0 N–H and O–H groups in total. The van der Waals surface area contributed by atoms with Crippen molar-refractivity contribution in [3.05, 3.63) is 89.2 Å². The molecule has 0 spiro atoms. The Morgan fingerprint density at radius 1 is 0.750 bits per heavy atom. The highest BCUT2D eigenvalue weighted by molar-refractivity contribution is 6.30. The Bertz CT molecular complexity index is 669. The molecular weight excluding hydrogens is 266 g/mol. The summed E-state index contributed by atoms with van der Waals surface area (Å²) in [5.74, 6) is 0. The summed E-state index contributed by atoms with van der Waals surface area (Å²) in [6.45, 7) is 0. The van der Waals surface area contributed by atoms with Crippen molar-refractivity contribution >= 4 is 11.6 Å². The van der Waals surface area contributed by atoms with Crippen LogP contribution in [0.4, 0.5) is 0 Å². The molecular formula is C18H16ClN. The fourth-order valence-electron chi connectivity index (χ4n) is 2.32. The number of hydrogen-bond donors (Lipinski definition) is 0. The second-order valence-corrected chi connectivity index (χ2v) is 5.32. The third-order valence-corrected chi connectivity index (χ3v) is 3.68. The first kappa shape index (κ1) is 13.0. The number of hydrogen-bond acceptors (Lipinski definition) is 0. The fourth-order valence-corrected chi connectivity index (χ4v) is 2.44. The molecule has 0 bridgehead atoms. The van der Waals surface area contributed by atoms with E-state index in [9.17, 15) is 0 Å². The molecule has 0 saturated heterocycles. The molecule has 0 fully saturated rings. The largest absolute Gasteiger partial charge is 0.324 e. The Hall–Kier alpha value is -1.99. The summed E-state index contributed by atoms with van der Waals surface area (Å²) in [4.78, 5) is 0. The maximum absolute atomic E-state index is 5.90. The maximum Gasteiger partial charge on any atom is 0.0452 e. The zero-order chi connectivity index (χ0) is 13.8. The molecule has 0 radical (unpaired) electrons. The van der Waals surface area contributed by atoms with Crippen LogP contribution in [0.2, 0.25) is 5.02 Å². The molecule has 0 aliphatic carbocycles. The first-order valence-electron chi connectivity index (χ1n) is 6.78. The Labute approximate surface area is 124 Å². The minimum Gasteiger partial charge on any atom is -0.324 e. The van der Waals surface area contributed by atoms with Crippen molar-refractivity contribution in [1.29, 1.82) is 0 Å². The van der Waals surface area contributed by atoms with Gasteiger partial charge in [-0.25, -0.2) is 0 Å². The Morgan fingerprint density at radius 2 is 1.45 bits per heavy atom. The van der Waals surface area contributed by atoms with Crippen molar-refractivity contribution in [3.8, 4) is 5.69 Å². The third kappa shape index (κ3) is 3.12. The van der Waals surface area contributed by atoms with Crippen LogP contribution in [-0.2, 0) is 12.8 Å². The van der Waals surface area contributed by atoms with Gasteiger partial charge in [0.1, 0.15) is 0 Å². The zero-order valence-electron chi connectivity index (χ0n) is 11.2. The van der Waals surface area contributed by atoms with Gasteiger partial charge in [0.05, 0.1) is 0 Å². The molecule has 0 amide bonds. The standard InChI is InChI=1S/C18H16ClN/c19-17-10-8-15(9-11-17)6-7-16-4-3-5-18(14-16)20-12-1-2-13-20/h1-5,8-14H,6-7H2. The maximum atomic E-state index is 5.90. The van der Waals surface area contributed by atoms with Gasteiger partial charge < -0.3 is 4.57 Å². The fraction of sp³-hybridized carbons (Fsp3) is 0.111. The Morgan fingerprint density at radius 3 is 2.20 bits per heavy atom. The topological polar surface area (TPSA) is 4.93 Å². The number of aryl methyl sites for hydroxylation is 2. The van der Waals surface area contributed by atoms with Crippen LogP contribution in [0.1, 0.15) is 11.1 Å². The van der Waals surface area contributed by atoms with E-state index in [1.165, 1.54) is 16.8 Å². The summed E-state index contributed by atoms with van der Waals surface area (Å²) in [6.07, 6.45) is 6.21. The average Bonchev–Trinajstić information content (AvgIpc) is 3.01. The van der Waals surface area contributed by atoms with Crippen LogP contribution in [0.15, 0.2) is 73.1 Å². The van der Waals surface area contributed by atoms with Crippen molar-refractivity contribution < 1.29 is 0 Å². The summed E-state index contributed by atoms with van der Waals surface area (Å²) in [5, 5.41) is 0.795. The molecule has 2 heteroatoms. The summed E-state index contributed by atoms with van der Waals surface area (Å²) >= 11 is 5.90. The normalized spacial score (nSPS) is 10.7. The smallest absolute Gasteiger partial charge is 0.0452 e. The molecule has 0 aliphatic rings. The van der Waals surface area contributed by atoms with E-state index in [1.807, 2.05) is 24.3 Å². The molecule has 1 heterocycles. The molecule has 0 saturated carbocycles. The number of halogens is 1. The molecule has 1 aromatic heterocycles. The summed E-state index contributed by atoms with van der Waals surface area (Å²) in [5.41, 5.74) is 3.88. The van der Waals surface area contributed by atoms with Crippen LogP contribution in [0.25, 0.3) is 5.69 Å². The van der Waals surface area contributed by atoms with Crippen LogP contribution in [-0.4, -0.2) is 4.57 Å². The van der Waals surface area contributed by atoms with Crippen molar-refractivity contribution in [3.63, 3.8) is 0 Å². The SMILES string of the molecule is Clc1ccc(CCc2cccc(-n3cccc3)c2)cc1. The zero-order valence-corrected chi connectivity index (χ0v) is 11.9. The molecule has 1 nitrogen and oxygen atoms in total. The van der Waals surface area contributed by atoms with Gasteiger partial charge in [-0.15, -0.1) is 0 Å². The van der Waals surface area contributed by atoms with E-state index in [1.54, 1.807) is 0 Å². The molecule has 100 valence electrons. The lowest BCUT2D eigenvalue weighted by Gasteiger charge is -2.07. The quantitative estimate of drug-likeness (QED) is 0.640. The van der Waals surface area contributed by atoms with E-state index in [0.29, 0.717) is 0 Å². The van der Waals surface area contributed by atoms with Crippen LogP contribution < -0.4 is 0 Å². The van der Waals surface area contributed by atoms with Gasteiger partial charge in [0, 0.05) is 23.1 Å². The first-order valence-corrected chi connectivity index (χ1v) is 7.16. The van der Waals surface area contributed by atoms with Gasteiger partial charge in [0.2, 0.25) is 0 Å². The third-order valence-electron chi connectivity index (χ3n) is 3.43. The van der Waals surface area contributed by atoms with E-state index in [2.05, 4.69) is 53.4 Å². The Balaban J connectivity index is 1.72. The van der Waals surface area contributed by atoms with E-state index in [0.717, 1.165) is 17.9 Å². The van der Waals surface area contributed by atoms with Gasteiger partial charge in [-0.2, -0.15) is 0 Å². The van der Waals surface area contributed by atoms with E-state index in [4.69, 9.17) is 11.6 Å². The van der Waals surface area contributed by atoms with Crippen molar-refractivity contribution in [1.82, 2.24) is 4.57 Å². The van der Waals surface area contributed by atoms with Crippen molar-refractivity contribution in [2.75, 3.05) is 0 Å². The monoisotopic (exact) mass is 281 g/mol. The number of aromatic nitrogens is 1. The predicted molar refractivity (Wildman–Crippen MR) is 84.6 cm³/mol. The highest BCUT2D eigenvalue weighted by atomic mass is 35.5. The molecule has 20 heavy (non-hydrogen) atoms. The lowest BCUT2D eigenvalue weighted by atomic mass is 10.0. The highest BCUT2D eigenvalue weighted by Crippen LogP contribution is 2.15. The minimum atomic E-state index is 0.795. The van der Waals surface area contributed by atoms with Crippen LogP contribution in [0, 0.1) is 0 Å². The highest BCUT2D eigenvalue weighted by Gasteiger charge is 1.99. The van der Waals surface area contributed by atoms with Crippen molar-refractivity contribution in [2.24, 2.45) is 0 Å². The van der Waals surface area contributed by atoms with Gasteiger partial charge >= 0.3 is 0 Å². The van der Waals surface area contributed by atoms with Crippen LogP contribution >= 0.6 is 11.6 Å². The molecule has 0 atom stereocenters. The molecule has 3 aromatic rings. The first-order chi connectivity index (χ1) is 9.81. The lowest BCUT2D eigenvalue weighted by Crippen LogP contribution is -1.94. The number of rotatable bonds is 4. The van der Waals surface area contributed by atoms with Gasteiger partial charge in [-0.05, 0) is 60.4 Å². The van der Waals surface area contributed by atoms with Gasteiger partial charge in [0.25, 0.3) is 0 Å². The second kappa shape index (κ2) is 5.98. The lowest BCUT2D eigenvalue weighted by molar-refractivity contribution is 0.953. The van der Waals surface area contributed by atoms with E-state index in [-0.39, 0.29) is 0 Å². The number of benzene rings is 2. The molecule has 2 aromatic carbocycles. The molecule has 0 aliphatic heterocycles. The second-order valence-electron chi connectivity index (χ2n) is 4.89. The van der Waals surface area contributed by atoms with Crippen LogP contribution in [0.3, 0.4) is 0 Å². The van der Waals surface area contributed by atoms with E-state index >= 15 is 0 Å². The predicted octanol–water partition coefficient (Wildman–Crippen LogP) is 4.92. The van der Waals surface area contributed by atoms with Gasteiger partial charge in [-0.1, -0.05) is 35.9 Å². The summed E-state index contributed by atoms with van der Waals surface area (Å²) < 4.78 is 2.13. The molecule has 0 unspecified atom stereocenters. The summed E-state index contributed by atoms with van der Waals surface area (Å²) in [7, 11) is 0. The minimum absolute atomic E-state index is 0.795. The Kier molecular flexibility index (Phi) is 3.89. The van der Waals surface area contributed by atoms with Gasteiger partial charge in [0.15, 0.2) is 0 Å². The van der Waals surface area contributed by atoms with Gasteiger partial charge in [-0.3, -0.25) is 0 Å². The number of nitrogens with zero attached hydrogens (tertiary/aromatic N) is 1. The van der Waals surface area contributed by atoms with Crippen molar-refractivity contribution in [2.45, 2.75) is 12.8 Å². The average molecular weight is 282 g/mol. The van der Waals surface area contributed by atoms with E-state index < -0.39 is 0 Å². The molecule has 3 rings (SSSR count). The summed E-state index contributed by atoms with van der Waals surface area (Å²) in [6, 6.07) is 20.9.